The Kier molecular flexibility index (Phi) is 7.70. The van der Waals surface area contributed by atoms with E-state index in [1.54, 1.807) is 39.0 Å². The summed E-state index contributed by atoms with van der Waals surface area (Å²) in [6.07, 6.45) is 1.77. The van der Waals surface area contributed by atoms with E-state index in [2.05, 4.69) is 10.6 Å². The van der Waals surface area contributed by atoms with Crippen LogP contribution in [0.25, 0.3) is 0 Å². The number of nitrogens with zero attached hydrogens (tertiary/aromatic N) is 1. The van der Waals surface area contributed by atoms with Gasteiger partial charge in [-0.25, -0.2) is 4.79 Å². The van der Waals surface area contributed by atoms with Crippen LogP contribution in [-0.2, 0) is 14.3 Å². The van der Waals surface area contributed by atoms with Crippen molar-refractivity contribution in [2.24, 2.45) is 0 Å². The minimum absolute atomic E-state index is 0.0568. The molecule has 3 amide bonds. The smallest absolute Gasteiger partial charge is 0.408 e. The van der Waals surface area contributed by atoms with Crippen LogP contribution in [0.4, 0.5) is 4.79 Å². The van der Waals surface area contributed by atoms with E-state index in [9.17, 15) is 19.5 Å². The summed E-state index contributed by atoms with van der Waals surface area (Å²) in [5.74, 6) is -0.833. The molecule has 1 saturated carbocycles. The normalized spacial score (nSPS) is 15.1. The molecule has 1 aromatic carbocycles. The number of hydrogen-bond acceptors (Lipinski definition) is 5. The summed E-state index contributed by atoms with van der Waals surface area (Å²) in [7, 11) is 0. The van der Waals surface area contributed by atoms with Crippen LogP contribution in [0.15, 0.2) is 24.3 Å². The second kappa shape index (κ2) is 9.82. The quantitative estimate of drug-likeness (QED) is 0.630. The van der Waals surface area contributed by atoms with E-state index in [4.69, 9.17) is 4.74 Å². The lowest BCUT2D eigenvalue weighted by Gasteiger charge is -2.42. The SMILES string of the molecule is CC(C)NC(=O)C(c1ccccc1O)N(C(=O)CNC(=O)OC(C)(C)C)C1CCC1. The third-order valence-corrected chi connectivity index (χ3v) is 4.73. The van der Waals surface area contributed by atoms with Crippen LogP contribution in [0.5, 0.6) is 5.75 Å². The second-order valence-electron chi connectivity index (χ2n) is 8.87. The van der Waals surface area contributed by atoms with E-state index in [1.165, 1.54) is 11.0 Å². The van der Waals surface area contributed by atoms with E-state index in [1.807, 2.05) is 13.8 Å². The van der Waals surface area contributed by atoms with Gasteiger partial charge in [-0.05, 0) is 59.9 Å². The van der Waals surface area contributed by atoms with Gasteiger partial charge in [0.15, 0.2) is 0 Å². The summed E-state index contributed by atoms with van der Waals surface area (Å²) < 4.78 is 5.19. The van der Waals surface area contributed by atoms with Crippen LogP contribution in [0, 0.1) is 0 Å². The lowest BCUT2D eigenvalue weighted by Crippen LogP contribution is -2.54. The van der Waals surface area contributed by atoms with Gasteiger partial charge in [0.2, 0.25) is 11.8 Å². The van der Waals surface area contributed by atoms with Crippen molar-refractivity contribution in [2.45, 2.75) is 77.6 Å². The molecule has 0 radical (unpaired) electrons. The first-order valence-electron chi connectivity index (χ1n) is 10.4. The Labute approximate surface area is 178 Å². The lowest BCUT2D eigenvalue weighted by atomic mass is 9.88. The number of carbonyl (C=O) groups excluding carboxylic acids is 3. The number of aromatic hydroxyl groups is 1. The maximum absolute atomic E-state index is 13.2. The lowest BCUT2D eigenvalue weighted by molar-refractivity contribution is -0.145. The van der Waals surface area contributed by atoms with E-state index in [-0.39, 0.29) is 30.3 Å². The number of ether oxygens (including phenoxy) is 1. The molecule has 0 aromatic heterocycles. The van der Waals surface area contributed by atoms with Gasteiger partial charge >= 0.3 is 6.09 Å². The van der Waals surface area contributed by atoms with Crippen molar-refractivity contribution in [3.8, 4) is 5.75 Å². The molecule has 30 heavy (non-hydrogen) atoms. The van der Waals surface area contributed by atoms with Crippen LogP contribution in [0.2, 0.25) is 0 Å². The van der Waals surface area contributed by atoms with Gasteiger partial charge in [0.05, 0.1) is 0 Å². The molecule has 1 fully saturated rings. The van der Waals surface area contributed by atoms with Gasteiger partial charge in [0, 0.05) is 17.6 Å². The van der Waals surface area contributed by atoms with E-state index >= 15 is 0 Å². The molecule has 0 spiro atoms. The van der Waals surface area contributed by atoms with Crippen LogP contribution in [0.1, 0.15) is 65.5 Å². The Morgan fingerprint density at radius 3 is 2.33 bits per heavy atom. The Hall–Kier alpha value is -2.77. The summed E-state index contributed by atoms with van der Waals surface area (Å²) in [5, 5.41) is 15.7. The minimum atomic E-state index is -0.994. The summed E-state index contributed by atoms with van der Waals surface area (Å²) in [6.45, 7) is 8.57. The first-order chi connectivity index (χ1) is 14.0. The number of phenols is 1. The van der Waals surface area contributed by atoms with Crippen LogP contribution < -0.4 is 10.6 Å². The fourth-order valence-corrected chi connectivity index (χ4v) is 3.28. The summed E-state index contributed by atoms with van der Waals surface area (Å²) in [6, 6.07) is 5.24. The number of amides is 3. The number of benzene rings is 1. The molecule has 3 N–H and O–H groups in total. The van der Waals surface area contributed by atoms with Crippen molar-refractivity contribution in [3.05, 3.63) is 29.8 Å². The average Bonchev–Trinajstić information content (AvgIpc) is 2.57. The first-order valence-corrected chi connectivity index (χ1v) is 10.4. The number of nitrogens with one attached hydrogen (secondary N) is 2. The molecular formula is C22H33N3O5. The summed E-state index contributed by atoms with van der Waals surface area (Å²) >= 11 is 0. The maximum atomic E-state index is 13.2. The second-order valence-corrected chi connectivity index (χ2v) is 8.87. The van der Waals surface area contributed by atoms with Gasteiger partial charge in [-0.3, -0.25) is 9.59 Å². The summed E-state index contributed by atoms with van der Waals surface area (Å²) in [5.41, 5.74) is -0.329. The minimum Gasteiger partial charge on any atom is -0.508 e. The highest BCUT2D eigenvalue weighted by Crippen LogP contribution is 2.36. The van der Waals surface area contributed by atoms with Crippen molar-refractivity contribution in [3.63, 3.8) is 0 Å². The predicted octanol–water partition coefficient (Wildman–Crippen LogP) is 2.86. The Morgan fingerprint density at radius 2 is 1.83 bits per heavy atom. The number of hydrogen-bond donors (Lipinski definition) is 3. The number of phenolic OH excluding ortho intramolecular Hbond substituents is 1. The maximum Gasteiger partial charge on any atom is 0.408 e. The third kappa shape index (κ3) is 6.37. The van der Waals surface area contributed by atoms with Crippen molar-refractivity contribution < 1.29 is 24.2 Å². The highest BCUT2D eigenvalue weighted by Gasteiger charge is 2.40. The van der Waals surface area contributed by atoms with Gasteiger partial charge in [0.25, 0.3) is 0 Å². The van der Waals surface area contributed by atoms with Crippen molar-refractivity contribution in [2.75, 3.05) is 6.54 Å². The topological polar surface area (TPSA) is 108 Å². The van der Waals surface area contributed by atoms with Gasteiger partial charge in [-0.1, -0.05) is 18.2 Å². The van der Waals surface area contributed by atoms with E-state index in [0.29, 0.717) is 5.56 Å². The zero-order valence-electron chi connectivity index (χ0n) is 18.4. The Balaban J connectivity index is 2.29. The van der Waals surface area contributed by atoms with Gasteiger partial charge in [-0.2, -0.15) is 0 Å². The molecule has 1 aliphatic rings. The van der Waals surface area contributed by atoms with Gasteiger partial charge < -0.3 is 25.4 Å². The van der Waals surface area contributed by atoms with Gasteiger partial charge in [0.1, 0.15) is 23.9 Å². The summed E-state index contributed by atoms with van der Waals surface area (Å²) in [4.78, 5) is 39.7. The van der Waals surface area contributed by atoms with Gasteiger partial charge in [-0.15, -0.1) is 0 Å². The van der Waals surface area contributed by atoms with E-state index in [0.717, 1.165) is 19.3 Å². The zero-order chi connectivity index (χ0) is 22.5. The van der Waals surface area contributed by atoms with Crippen molar-refractivity contribution in [1.29, 1.82) is 0 Å². The highest BCUT2D eigenvalue weighted by atomic mass is 16.6. The zero-order valence-corrected chi connectivity index (χ0v) is 18.4. The largest absolute Gasteiger partial charge is 0.508 e. The highest BCUT2D eigenvalue weighted by molar-refractivity contribution is 5.91. The van der Waals surface area contributed by atoms with Crippen LogP contribution in [-0.4, -0.2) is 52.1 Å². The van der Waals surface area contributed by atoms with Crippen molar-refractivity contribution in [1.82, 2.24) is 15.5 Å². The van der Waals surface area contributed by atoms with E-state index < -0.39 is 23.6 Å². The van der Waals surface area contributed by atoms with Crippen molar-refractivity contribution >= 4 is 17.9 Å². The molecule has 0 heterocycles. The molecule has 1 aromatic rings. The molecule has 8 heteroatoms. The standard InChI is InChI=1S/C22H33N3O5/c1-14(2)24-20(28)19(16-11-6-7-12-17(16)26)25(15-9-8-10-15)18(27)13-23-21(29)30-22(3,4)5/h6-7,11-12,14-15,19,26H,8-10,13H2,1-5H3,(H,23,29)(H,24,28). The molecule has 0 aliphatic heterocycles. The molecule has 8 nitrogen and oxygen atoms in total. The molecular weight excluding hydrogens is 386 g/mol. The fourth-order valence-electron chi connectivity index (χ4n) is 3.28. The molecule has 2 rings (SSSR count). The molecule has 1 unspecified atom stereocenters. The number of para-hydroxylation sites is 1. The molecule has 0 bridgehead atoms. The fraction of sp³-hybridized carbons (Fsp3) is 0.591. The first kappa shape index (κ1) is 23.5. The predicted molar refractivity (Wildman–Crippen MR) is 113 cm³/mol. The molecule has 1 aliphatic carbocycles. The number of rotatable bonds is 7. The Bertz CT molecular complexity index is 768. The Morgan fingerprint density at radius 1 is 1.20 bits per heavy atom. The number of carbonyl (C=O) groups is 3. The third-order valence-electron chi connectivity index (χ3n) is 4.73. The van der Waals surface area contributed by atoms with Crippen LogP contribution in [0.3, 0.4) is 0 Å². The molecule has 1 atom stereocenters. The van der Waals surface area contributed by atoms with Crippen LogP contribution >= 0.6 is 0 Å². The molecule has 0 saturated heterocycles. The monoisotopic (exact) mass is 419 g/mol. The molecule has 166 valence electrons. The average molecular weight is 420 g/mol. The number of alkyl carbamates (subject to hydrolysis) is 1.